The maximum atomic E-state index is 10.7. The summed E-state index contributed by atoms with van der Waals surface area (Å²) in [5.74, 6) is -0.737. The number of likely N-dealkylation sites (N-methyl/N-ethyl adjacent to an activating group) is 1. The summed E-state index contributed by atoms with van der Waals surface area (Å²) in [4.78, 5) is 16.1. The molecule has 0 aliphatic heterocycles. The van der Waals surface area contributed by atoms with Gasteiger partial charge in [0.2, 0.25) is 0 Å². The van der Waals surface area contributed by atoms with Crippen LogP contribution in [0.1, 0.15) is 25.3 Å². The predicted octanol–water partition coefficient (Wildman–Crippen LogP) is 2.90. The molecule has 0 aliphatic rings. The van der Waals surface area contributed by atoms with E-state index in [2.05, 4.69) is 41.2 Å². The molecule has 1 unspecified atom stereocenters. The Labute approximate surface area is 119 Å². The second-order valence-corrected chi connectivity index (χ2v) is 5.25. The average Bonchev–Trinajstić information content (AvgIpc) is 2.85. The van der Waals surface area contributed by atoms with E-state index in [0.717, 1.165) is 18.4 Å². The van der Waals surface area contributed by atoms with Crippen LogP contribution >= 0.6 is 0 Å². The summed E-state index contributed by atoms with van der Waals surface area (Å²) in [7, 11) is 2.01. The lowest BCUT2D eigenvalue weighted by molar-refractivity contribution is -0.137. The van der Waals surface area contributed by atoms with Crippen molar-refractivity contribution < 1.29 is 9.90 Å². The zero-order valence-corrected chi connectivity index (χ0v) is 12.1. The maximum Gasteiger partial charge on any atom is 0.304 e. The molecule has 0 fully saturated rings. The van der Waals surface area contributed by atoms with Gasteiger partial charge in [-0.1, -0.05) is 25.1 Å². The van der Waals surface area contributed by atoms with Gasteiger partial charge < -0.3 is 15.0 Å². The fourth-order valence-electron chi connectivity index (χ4n) is 2.62. The Morgan fingerprint density at radius 2 is 2.15 bits per heavy atom. The normalized spacial score (nSPS) is 12.9. The van der Waals surface area contributed by atoms with Gasteiger partial charge in [-0.15, -0.1) is 0 Å². The van der Waals surface area contributed by atoms with Crippen molar-refractivity contribution in [2.45, 2.75) is 32.2 Å². The summed E-state index contributed by atoms with van der Waals surface area (Å²) in [5, 5.41) is 10.0. The first kappa shape index (κ1) is 14.6. The minimum absolute atomic E-state index is 0.195. The van der Waals surface area contributed by atoms with E-state index < -0.39 is 5.97 Å². The van der Waals surface area contributed by atoms with Crippen LogP contribution in [0, 0.1) is 0 Å². The molecule has 0 saturated carbocycles. The van der Waals surface area contributed by atoms with Crippen LogP contribution in [-0.2, 0) is 11.2 Å². The monoisotopic (exact) mass is 274 g/mol. The summed E-state index contributed by atoms with van der Waals surface area (Å²) >= 11 is 0. The highest BCUT2D eigenvalue weighted by Gasteiger charge is 2.16. The van der Waals surface area contributed by atoms with E-state index >= 15 is 0 Å². The van der Waals surface area contributed by atoms with Crippen molar-refractivity contribution in [3.8, 4) is 0 Å². The quantitative estimate of drug-likeness (QED) is 0.816. The van der Waals surface area contributed by atoms with E-state index in [4.69, 9.17) is 5.11 Å². The summed E-state index contributed by atoms with van der Waals surface area (Å²) < 4.78 is 0. The number of hydrogen-bond donors (Lipinski definition) is 2. The highest BCUT2D eigenvalue weighted by molar-refractivity contribution is 5.83. The second kappa shape index (κ2) is 6.57. The molecule has 0 saturated heterocycles. The first-order valence-electron chi connectivity index (χ1n) is 7.08. The molecule has 20 heavy (non-hydrogen) atoms. The minimum Gasteiger partial charge on any atom is -0.481 e. The zero-order valence-electron chi connectivity index (χ0n) is 12.1. The van der Waals surface area contributed by atoms with Gasteiger partial charge in [0.1, 0.15) is 0 Å². The van der Waals surface area contributed by atoms with E-state index in [9.17, 15) is 4.79 Å². The van der Waals surface area contributed by atoms with Gasteiger partial charge in [0.05, 0.1) is 6.42 Å². The Hall–Kier alpha value is -1.81. The van der Waals surface area contributed by atoms with Crippen molar-refractivity contribution in [1.29, 1.82) is 0 Å². The number of nitrogens with one attached hydrogen (secondary N) is 1. The lowest BCUT2D eigenvalue weighted by Gasteiger charge is -2.26. The number of aromatic amines is 1. The molecular weight excluding hydrogens is 252 g/mol. The number of rotatable bonds is 7. The molecule has 0 bridgehead atoms. The number of carboxylic acids is 1. The Balaban J connectivity index is 2.07. The Kier molecular flexibility index (Phi) is 4.79. The lowest BCUT2D eigenvalue weighted by Crippen LogP contribution is -2.34. The molecule has 2 rings (SSSR count). The van der Waals surface area contributed by atoms with Crippen molar-refractivity contribution in [3.05, 3.63) is 36.0 Å². The van der Waals surface area contributed by atoms with Gasteiger partial charge in [0, 0.05) is 29.7 Å². The minimum atomic E-state index is -0.737. The summed E-state index contributed by atoms with van der Waals surface area (Å²) in [6.45, 7) is 2.74. The third-order valence-corrected chi connectivity index (χ3v) is 3.90. The van der Waals surface area contributed by atoms with E-state index in [1.807, 2.05) is 13.1 Å². The second-order valence-electron chi connectivity index (χ2n) is 5.25. The Morgan fingerprint density at radius 1 is 1.40 bits per heavy atom. The number of carbonyl (C=O) groups is 1. The number of fused-ring (bicyclic) bond motifs is 1. The van der Waals surface area contributed by atoms with Crippen LogP contribution in [0.2, 0.25) is 0 Å². The number of para-hydroxylation sites is 1. The molecule has 4 heteroatoms. The van der Waals surface area contributed by atoms with Crippen LogP contribution in [0.15, 0.2) is 30.5 Å². The van der Waals surface area contributed by atoms with Crippen molar-refractivity contribution in [2.75, 3.05) is 13.6 Å². The predicted molar refractivity (Wildman–Crippen MR) is 81.0 cm³/mol. The van der Waals surface area contributed by atoms with Gasteiger partial charge in [-0.05, 0) is 31.5 Å². The molecule has 108 valence electrons. The smallest absolute Gasteiger partial charge is 0.304 e. The van der Waals surface area contributed by atoms with Crippen LogP contribution in [0.4, 0.5) is 0 Å². The third kappa shape index (κ3) is 3.39. The molecule has 0 aliphatic carbocycles. The van der Waals surface area contributed by atoms with Gasteiger partial charge in [-0.2, -0.15) is 0 Å². The van der Waals surface area contributed by atoms with Gasteiger partial charge in [-0.25, -0.2) is 0 Å². The number of aromatic nitrogens is 1. The number of H-pyrrole nitrogens is 1. The standard InChI is InChI=1S/C16H22N2O2/c1-3-13(18(2)9-8-16(19)20)10-12-11-17-15-7-5-4-6-14(12)15/h4-7,11,13,17H,3,8-10H2,1-2H3,(H,19,20). The van der Waals surface area contributed by atoms with Gasteiger partial charge >= 0.3 is 5.97 Å². The molecule has 0 amide bonds. The number of benzene rings is 1. The van der Waals surface area contributed by atoms with E-state index in [0.29, 0.717) is 12.6 Å². The highest BCUT2D eigenvalue weighted by atomic mass is 16.4. The first-order valence-corrected chi connectivity index (χ1v) is 7.08. The molecule has 2 aromatic rings. The molecule has 2 N–H and O–H groups in total. The van der Waals surface area contributed by atoms with E-state index in [1.54, 1.807) is 0 Å². The van der Waals surface area contributed by atoms with Crippen LogP contribution in [-0.4, -0.2) is 40.6 Å². The van der Waals surface area contributed by atoms with Gasteiger partial charge in [-0.3, -0.25) is 4.79 Å². The molecule has 1 atom stereocenters. The number of nitrogens with zero attached hydrogens (tertiary/aromatic N) is 1. The van der Waals surface area contributed by atoms with Crippen LogP contribution in [0.3, 0.4) is 0 Å². The highest BCUT2D eigenvalue weighted by Crippen LogP contribution is 2.21. The Bertz CT molecular complexity index is 577. The molecule has 0 spiro atoms. The summed E-state index contributed by atoms with van der Waals surface area (Å²) in [5.41, 5.74) is 2.46. The lowest BCUT2D eigenvalue weighted by atomic mass is 10.0. The van der Waals surface area contributed by atoms with Crippen molar-refractivity contribution >= 4 is 16.9 Å². The maximum absolute atomic E-state index is 10.7. The van der Waals surface area contributed by atoms with Gasteiger partial charge in [0.25, 0.3) is 0 Å². The molecule has 1 aromatic heterocycles. The first-order chi connectivity index (χ1) is 9.61. The van der Waals surface area contributed by atoms with E-state index in [1.165, 1.54) is 10.9 Å². The largest absolute Gasteiger partial charge is 0.481 e. The molecule has 0 radical (unpaired) electrons. The van der Waals surface area contributed by atoms with Gasteiger partial charge in [0.15, 0.2) is 0 Å². The average molecular weight is 274 g/mol. The Morgan fingerprint density at radius 3 is 2.85 bits per heavy atom. The fraction of sp³-hybridized carbons (Fsp3) is 0.438. The number of carboxylic acid groups (broad SMARTS) is 1. The van der Waals surface area contributed by atoms with Crippen LogP contribution < -0.4 is 0 Å². The number of aliphatic carboxylic acids is 1. The third-order valence-electron chi connectivity index (χ3n) is 3.90. The number of hydrogen-bond acceptors (Lipinski definition) is 2. The molecule has 4 nitrogen and oxygen atoms in total. The van der Waals surface area contributed by atoms with E-state index in [-0.39, 0.29) is 6.42 Å². The zero-order chi connectivity index (χ0) is 14.5. The van der Waals surface area contributed by atoms with Crippen molar-refractivity contribution in [3.63, 3.8) is 0 Å². The fourth-order valence-corrected chi connectivity index (χ4v) is 2.62. The van der Waals surface area contributed by atoms with Crippen LogP contribution in [0.5, 0.6) is 0 Å². The topological polar surface area (TPSA) is 56.3 Å². The van der Waals surface area contributed by atoms with Crippen LogP contribution in [0.25, 0.3) is 10.9 Å². The summed E-state index contributed by atoms with van der Waals surface area (Å²) in [6, 6.07) is 8.65. The molecular formula is C16H22N2O2. The van der Waals surface area contributed by atoms with Crippen molar-refractivity contribution in [1.82, 2.24) is 9.88 Å². The molecule has 1 heterocycles. The SMILES string of the molecule is CCC(Cc1c[nH]c2ccccc12)N(C)CCC(=O)O. The molecule has 1 aromatic carbocycles. The summed E-state index contributed by atoms with van der Waals surface area (Å²) in [6.07, 6.45) is 4.21. The van der Waals surface area contributed by atoms with Crippen molar-refractivity contribution in [2.24, 2.45) is 0 Å².